The average molecular weight is 275 g/mol. The van der Waals surface area contributed by atoms with E-state index in [9.17, 15) is 9.90 Å². The number of alkyl halides is 1. The number of allylic oxidation sites excluding steroid dienone is 1. The van der Waals surface area contributed by atoms with Gasteiger partial charge < -0.3 is 5.11 Å². The van der Waals surface area contributed by atoms with E-state index in [0.29, 0.717) is 0 Å². The van der Waals surface area contributed by atoms with Gasteiger partial charge in [-0.15, -0.1) is 0 Å². The van der Waals surface area contributed by atoms with E-state index in [1.165, 1.54) is 6.08 Å². The van der Waals surface area contributed by atoms with E-state index in [4.69, 9.17) is 0 Å². The molecule has 14 heavy (non-hydrogen) atoms. The molecule has 0 heterocycles. The van der Waals surface area contributed by atoms with Gasteiger partial charge >= 0.3 is 0 Å². The largest absolute Gasteiger partial charge is 0.389 e. The number of aliphatic hydroxyl groups is 1. The zero-order valence-electron chi connectivity index (χ0n) is 8.67. The molecule has 0 radical (unpaired) electrons. The summed E-state index contributed by atoms with van der Waals surface area (Å²) in [6.45, 7) is 6.64. The molecule has 0 amide bonds. The highest BCUT2D eigenvalue weighted by Crippen LogP contribution is 2.76. The van der Waals surface area contributed by atoms with Gasteiger partial charge in [0.2, 0.25) is 0 Å². The topological polar surface area (TPSA) is 37.3 Å². The Morgan fingerprint density at radius 2 is 2.14 bits per heavy atom. The van der Waals surface area contributed by atoms with Crippen molar-refractivity contribution in [3.63, 3.8) is 0 Å². The normalized spacial score (nSPS) is 46.4. The highest BCUT2D eigenvalue weighted by molar-refractivity contribution is 9.10. The fraction of sp³-hybridized carbons (Fsp3) is 0.700. The molecule has 2 nitrogen and oxygen atoms in total. The van der Waals surface area contributed by atoms with Crippen molar-refractivity contribution in [2.24, 2.45) is 0 Å². The molecular formula is C10H15BrO2Si. The predicted octanol–water partition coefficient (Wildman–Crippen LogP) is 2.10. The Morgan fingerprint density at radius 3 is 2.57 bits per heavy atom. The number of halogens is 1. The lowest BCUT2D eigenvalue weighted by Crippen LogP contribution is -2.45. The van der Waals surface area contributed by atoms with Crippen molar-refractivity contribution in [3.05, 3.63) is 12.2 Å². The van der Waals surface area contributed by atoms with Crippen LogP contribution < -0.4 is 0 Å². The summed E-state index contributed by atoms with van der Waals surface area (Å²) < 4.78 is -0.446. The summed E-state index contributed by atoms with van der Waals surface area (Å²) in [7, 11) is -1.55. The third kappa shape index (κ3) is 0.968. The van der Waals surface area contributed by atoms with Crippen LogP contribution >= 0.6 is 15.9 Å². The molecule has 0 aromatic rings. The molecule has 4 heteroatoms. The number of ketones is 1. The van der Waals surface area contributed by atoms with Gasteiger partial charge in [0.25, 0.3) is 0 Å². The Kier molecular flexibility index (Phi) is 1.96. The highest BCUT2D eigenvalue weighted by Gasteiger charge is 2.78. The molecule has 2 aliphatic carbocycles. The SMILES string of the molecule is C[Si](C)(C)C12CC1(Br)C(=O)C=CC2O. The number of hydrogen-bond donors (Lipinski definition) is 1. The second kappa shape index (κ2) is 2.60. The Bertz CT molecular complexity index is 334. The second-order valence-electron chi connectivity index (χ2n) is 5.37. The molecule has 0 spiro atoms. The fourth-order valence-electron chi connectivity index (χ4n) is 2.76. The molecule has 0 aromatic carbocycles. The van der Waals surface area contributed by atoms with Crippen LogP contribution in [-0.4, -0.2) is 29.4 Å². The fourth-order valence-corrected chi connectivity index (χ4v) is 8.71. The number of hydrogen-bond acceptors (Lipinski definition) is 2. The predicted molar refractivity (Wildman–Crippen MR) is 62.5 cm³/mol. The van der Waals surface area contributed by atoms with E-state index < -0.39 is 18.5 Å². The first kappa shape index (κ1) is 10.6. The van der Waals surface area contributed by atoms with Crippen LogP contribution in [-0.2, 0) is 4.79 Å². The van der Waals surface area contributed by atoms with E-state index in [1.807, 2.05) is 0 Å². The smallest absolute Gasteiger partial charge is 0.172 e. The maximum Gasteiger partial charge on any atom is 0.172 e. The lowest BCUT2D eigenvalue weighted by Gasteiger charge is -2.37. The zero-order valence-corrected chi connectivity index (χ0v) is 11.3. The first-order valence-corrected chi connectivity index (χ1v) is 9.15. The minimum atomic E-state index is -1.55. The Balaban J connectivity index is 2.49. The summed E-state index contributed by atoms with van der Waals surface area (Å²) in [5.74, 6) is 0.130. The van der Waals surface area contributed by atoms with Gasteiger partial charge in [0.05, 0.1) is 18.5 Å². The van der Waals surface area contributed by atoms with Crippen molar-refractivity contribution >= 4 is 29.8 Å². The summed E-state index contributed by atoms with van der Waals surface area (Å²) in [5.41, 5.74) is 0. The number of fused-ring (bicyclic) bond motifs is 1. The van der Waals surface area contributed by atoms with Gasteiger partial charge in [0.15, 0.2) is 5.78 Å². The molecule has 3 unspecified atom stereocenters. The number of rotatable bonds is 1. The molecule has 0 bridgehead atoms. The van der Waals surface area contributed by atoms with Crippen LogP contribution in [0.15, 0.2) is 12.2 Å². The molecule has 0 aliphatic heterocycles. The number of carbonyl (C=O) groups excluding carboxylic acids is 1. The van der Waals surface area contributed by atoms with Crippen molar-refractivity contribution in [3.8, 4) is 0 Å². The monoisotopic (exact) mass is 274 g/mol. The highest BCUT2D eigenvalue weighted by atomic mass is 79.9. The molecule has 78 valence electrons. The van der Waals surface area contributed by atoms with E-state index in [2.05, 4.69) is 35.6 Å². The van der Waals surface area contributed by atoms with E-state index in [-0.39, 0.29) is 10.8 Å². The molecule has 0 saturated heterocycles. The van der Waals surface area contributed by atoms with Gasteiger partial charge in [0.1, 0.15) is 0 Å². The summed E-state index contributed by atoms with van der Waals surface area (Å²) >= 11 is 3.54. The van der Waals surface area contributed by atoms with Gasteiger partial charge in [-0.3, -0.25) is 4.79 Å². The van der Waals surface area contributed by atoms with Crippen molar-refractivity contribution in [2.45, 2.75) is 41.5 Å². The zero-order chi connectivity index (χ0) is 10.8. The van der Waals surface area contributed by atoms with Crippen LogP contribution in [0.1, 0.15) is 6.42 Å². The van der Waals surface area contributed by atoms with Crippen molar-refractivity contribution in [1.82, 2.24) is 0 Å². The van der Waals surface area contributed by atoms with Crippen molar-refractivity contribution < 1.29 is 9.90 Å². The van der Waals surface area contributed by atoms with Gasteiger partial charge in [-0.25, -0.2) is 0 Å². The van der Waals surface area contributed by atoms with Gasteiger partial charge in [-0.2, -0.15) is 0 Å². The Morgan fingerprint density at radius 1 is 1.57 bits per heavy atom. The summed E-state index contributed by atoms with van der Waals surface area (Å²) in [6.07, 6.45) is 3.52. The van der Waals surface area contributed by atoms with Crippen LogP contribution in [0.3, 0.4) is 0 Å². The molecule has 2 rings (SSSR count). The lowest BCUT2D eigenvalue weighted by molar-refractivity contribution is -0.115. The first-order valence-electron chi connectivity index (χ1n) is 4.85. The molecule has 0 aromatic heterocycles. The quantitative estimate of drug-likeness (QED) is 0.588. The maximum atomic E-state index is 11.7. The minimum absolute atomic E-state index is 0.130. The average Bonchev–Trinajstić information content (AvgIpc) is 2.68. The molecular weight excluding hydrogens is 260 g/mol. The van der Waals surface area contributed by atoms with E-state index >= 15 is 0 Å². The van der Waals surface area contributed by atoms with E-state index in [1.54, 1.807) is 6.08 Å². The standard InChI is InChI=1S/C10H15BrO2Si/c1-14(2,3)10-6-9(10,11)7(12)4-5-8(10)13/h4-5,8,13H,6H2,1-3H3. The van der Waals surface area contributed by atoms with E-state index in [0.717, 1.165) is 6.42 Å². The number of aliphatic hydroxyl groups excluding tert-OH is 1. The minimum Gasteiger partial charge on any atom is -0.389 e. The Hall–Kier alpha value is 0.0669. The van der Waals surface area contributed by atoms with Gasteiger partial charge in [-0.05, 0) is 12.5 Å². The lowest BCUT2D eigenvalue weighted by atomic mass is 10.0. The first-order chi connectivity index (χ1) is 6.26. The van der Waals surface area contributed by atoms with Crippen LogP contribution in [0.2, 0.25) is 24.7 Å². The molecule has 2 aliphatic rings. The molecule has 1 saturated carbocycles. The van der Waals surface area contributed by atoms with Crippen LogP contribution in [0.25, 0.3) is 0 Å². The van der Waals surface area contributed by atoms with Crippen LogP contribution in [0.5, 0.6) is 0 Å². The van der Waals surface area contributed by atoms with Crippen molar-refractivity contribution in [1.29, 1.82) is 0 Å². The van der Waals surface area contributed by atoms with Gasteiger partial charge in [0, 0.05) is 5.04 Å². The summed E-state index contributed by atoms with van der Waals surface area (Å²) in [6, 6.07) is 0. The van der Waals surface area contributed by atoms with Crippen molar-refractivity contribution in [2.75, 3.05) is 0 Å². The van der Waals surface area contributed by atoms with Crippen LogP contribution in [0.4, 0.5) is 0 Å². The molecule has 1 N–H and O–H groups in total. The number of carbonyl (C=O) groups is 1. The second-order valence-corrected chi connectivity index (χ2v) is 12.1. The third-order valence-electron chi connectivity index (χ3n) is 3.77. The van der Waals surface area contributed by atoms with Gasteiger partial charge in [-0.1, -0.05) is 41.6 Å². The Labute approximate surface area is 93.5 Å². The third-order valence-corrected chi connectivity index (χ3v) is 9.09. The molecule has 3 atom stereocenters. The summed E-state index contributed by atoms with van der Waals surface area (Å²) in [5, 5.41) is 9.88. The summed E-state index contributed by atoms with van der Waals surface area (Å²) in [4.78, 5) is 11.7. The molecule has 1 fully saturated rings. The maximum absolute atomic E-state index is 11.7. The van der Waals surface area contributed by atoms with Crippen LogP contribution in [0, 0.1) is 0 Å².